The lowest BCUT2D eigenvalue weighted by atomic mass is 9.78. The van der Waals surface area contributed by atoms with E-state index in [9.17, 15) is 0 Å². The Hall–Kier alpha value is -1.58. The number of nitrogen functional groups attached to an aromatic ring is 1. The van der Waals surface area contributed by atoms with Crippen molar-refractivity contribution in [3.8, 4) is 0 Å². The number of aryl methyl sites for hydroxylation is 1. The van der Waals surface area contributed by atoms with Gasteiger partial charge in [-0.1, -0.05) is 0 Å². The van der Waals surface area contributed by atoms with Gasteiger partial charge >= 0.3 is 0 Å². The highest BCUT2D eigenvalue weighted by atomic mass is 15.2. The van der Waals surface area contributed by atoms with E-state index in [1.165, 1.54) is 6.42 Å². The van der Waals surface area contributed by atoms with Crippen molar-refractivity contribution in [1.29, 1.82) is 0 Å². The van der Waals surface area contributed by atoms with Crippen LogP contribution in [0.4, 0.5) is 5.95 Å². The van der Waals surface area contributed by atoms with Crippen molar-refractivity contribution in [2.75, 3.05) is 5.73 Å². The molecule has 0 saturated heterocycles. The molecule has 2 aromatic heterocycles. The molecule has 3 rings (SSSR count). The molecule has 84 valence electrons. The zero-order valence-corrected chi connectivity index (χ0v) is 9.70. The summed E-state index contributed by atoms with van der Waals surface area (Å²) in [6.45, 7) is 4.28. The van der Waals surface area contributed by atoms with Gasteiger partial charge in [0, 0.05) is 11.7 Å². The fourth-order valence-electron chi connectivity index (χ4n) is 2.56. The summed E-state index contributed by atoms with van der Waals surface area (Å²) in [5, 5.41) is 0. The second-order valence-corrected chi connectivity index (χ2v) is 4.96. The van der Waals surface area contributed by atoms with E-state index in [1.807, 2.05) is 19.2 Å². The number of anilines is 1. The van der Waals surface area contributed by atoms with Gasteiger partial charge in [0.1, 0.15) is 5.52 Å². The maximum atomic E-state index is 6.03. The number of aromatic nitrogens is 3. The highest BCUT2D eigenvalue weighted by molar-refractivity contribution is 5.77. The quantitative estimate of drug-likeness (QED) is 0.795. The summed E-state index contributed by atoms with van der Waals surface area (Å²) >= 11 is 0. The van der Waals surface area contributed by atoms with Gasteiger partial charge in [0.25, 0.3) is 0 Å². The molecule has 0 spiro atoms. The minimum absolute atomic E-state index is 0.125. The number of nitrogens with zero attached hydrogens (tertiary/aromatic N) is 3. The second kappa shape index (κ2) is 2.97. The predicted molar refractivity (Wildman–Crippen MR) is 64.2 cm³/mol. The lowest BCUT2D eigenvalue weighted by Gasteiger charge is -2.40. The number of rotatable bonds is 1. The first-order valence-electron chi connectivity index (χ1n) is 5.72. The Morgan fingerprint density at radius 1 is 1.44 bits per heavy atom. The van der Waals surface area contributed by atoms with E-state index in [0.717, 1.165) is 29.6 Å². The number of pyridine rings is 1. The Bertz CT molecular complexity index is 551. The molecule has 1 saturated carbocycles. The standard InChI is InChI=1S/C12H16N4/c1-8-4-7-14-10-9(8)15-11(13)16(10)12(2)5-3-6-12/h4,7H,3,5-6H2,1-2H3,(H2,13,15). The SMILES string of the molecule is Cc1ccnc2c1nc(N)n2C1(C)CCC1. The van der Waals surface area contributed by atoms with Crippen LogP contribution < -0.4 is 5.73 Å². The number of hydrogen-bond acceptors (Lipinski definition) is 3. The fourth-order valence-corrected chi connectivity index (χ4v) is 2.56. The van der Waals surface area contributed by atoms with E-state index in [2.05, 4.69) is 21.5 Å². The zero-order chi connectivity index (χ0) is 11.3. The van der Waals surface area contributed by atoms with E-state index < -0.39 is 0 Å². The summed E-state index contributed by atoms with van der Waals surface area (Å²) in [5.41, 5.74) is 9.16. The molecule has 2 heterocycles. The van der Waals surface area contributed by atoms with Gasteiger partial charge in [0.05, 0.1) is 0 Å². The molecule has 4 nitrogen and oxygen atoms in total. The van der Waals surface area contributed by atoms with Crippen LogP contribution in [0.3, 0.4) is 0 Å². The zero-order valence-electron chi connectivity index (χ0n) is 9.70. The number of imidazole rings is 1. The molecule has 0 aliphatic heterocycles. The predicted octanol–water partition coefficient (Wildman–Crippen LogP) is 2.22. The number of nitrogens with two attached hydrogens (primary N) is 1. The Morgan fingerprint density at radius 2 is 2.19 bits per heavy atom. The molecule has 1 aliphatic carbocycles. The smallest absolute Gasteiger partial charge is 0.202 e. The van der Waals surface area contributed by atoms with Crippen LogP contribution in [0.25, 0.3) is 11.2 Å². The molecule has 0 radical (unpaired) electrons. The van der Waals surface area contributed by atoms with E-state index in [-0.39, 0.29) is 5.54 Å². The average molecular weight is 216 g/mol. The first kappa shape index (κ1) is 9.63. The van der Waals surface area contributed by atoms with E-state index in [4.69, 9.17) is 5.73 Å². The van der Waals surface area contributed by atoms with Crippen molar-refractivity contribution in [2.24, 2.45) is 0 Å². The fraction of sp³-hybridized carbons (Fsp3) is 0.500. The molecular formula is C12H16N4. The third-order valence-electron chi connectivity index (χ3n) is 3.74. The minimum Gasteiger partial charge on any atom is -0.369 e. The van der Waals surface area contributed by atoms with Crippen molar-refractivity contribution in [1.82, 2.24) is 14.5 Å². The molecule has 1 fully saturated rings. The van der Waals surface area contributed by atoms with Crippen molar-refractivity contribution in [3.05, 3.63) is 17.8 Å². The maximum absolute atomic E-state index is 6.03. The van der Waals surface area contributed by atoms with Gasteiger partial charge in [0.15, 0.2) is 5.65 Å². The molecule has 0 atom stereocenters. The van der Waals surface area contributed by atoms with Gasteiger partial charge in [-0.3, -0.25) is 4.57 Å². The lowest BCUT2D eigenvalue weighted by molar-refractivity contribution is 0.177. The molecule has 2 aromatic rings. The van der Waals surface area contributed by atoms with Gasteiger partial charge in [0.2, 0.25) is 5.95 Å². The van der Waals surface area contributed by atoms with Crippen LogP contribution in [0.5, 0.6) is 0 Å². The normalized spacial score (nSPS) is 18.6. The van der Waals surface area contributed by atoms with Gasteiger partial charge in [-0.25, -0.2) is 9.97 Å². The lowest BCUT2D eigenvalue weighted by Crippen LogP contribution is -2.38. The Morgan fingerprint density at radius 3 is 2.81 bits per heavy atom. The highest BCUT2D eigenvalue weighted by Gasteiger charge is 2.36. The summed E-state index contributed by atoms with van der Waals surface area (Å²) in [6, 6.07) is 1.97. The monoisotopic (exact) mass is 216 g/mol. The molecule has 4 heteroatoms. The molecule has 0 bridgehead atoms. The third kappa shape index (κ3) is 1.10. The summed E-state index contributed by atoms with van der Waals surface area (Å²) in [4.78, 5) is 8.87. The average Bonchev–Trinajstić information content (AvgIpc) is 2.53. The van der Waals surface area contributed by atoms with Crippen molar-refractivity contribution < 1.29 is 0 Å². The first-order chi connectivity index (χ1) is 7.62. The van der Waals surface area contributed by atoms with Gasteiger partial charge in [-0.05, 0) is 44.7 Å². The van der Waals surface area contributed by atoms with Gasteiger partial charge in [-0.2, -0.15) is 0 Å². The van der Waals surface area contributed by atoms with Crippen LogP contribution >= 0.6 is 0 Å². The van der Waals surface area contributed by atoms with Crippen LogP contribution in [0.1, 0.15) is 31.7 Å². The van der Waals surface area contributed by atoms with Crippen molar-refractivity contribution in [2.45, 2.75) is 38.6 Å². The molecule has 0 aromatic carbocycles. The van der Waals surface area contributed by atoms with E-state index >= 15 is 0 Å². The summed E-state index contributed by atoms with van der Waals surface area (Å²) in [6.07, 6.45) is 5.43. The Kier molecular flexibility index (Phi) is 1.79. The Labute approximate surface area is 94.5 Å². The summed E-state index contributed by atoms with van der Waals surface area (Å²) < 4.78 is 2.11. The van der Waals surface area contributed by atoms with Crippen LogP contribution in [0, 0.1) is 6.92 Å². The third-order valence-corrected chi connectivity index (χ3v) is 3.74. The maximum Gasteiger partial charge on any atom is 0.202 e. The highest BCUT2D eigenvalue weighted by Crippen LogP contribution is 2.42. The molecule has 1 aliphatic rings. The summed E-state index contributed by atoms with van der Waals surface area (Å²) in [7, 11) is 0. The van der Waals surface area contributed by atoms with Crippen molar-refractivity contribution in [3.63, 3.8) is 0 Å². The van der Waals surface area contributed by atoms with Gasteiger partial charge in [-0.15, -0.1) is 0 Å². The summed E-state index contributed by atoms with van der Waals surface area (Å²) in [5.74, 6) is 0.596. The van der Waals surface area contributed by atoms with E-state index in [1.54, 1.807) is 0 Å². The van der Waals surface area contributed by atoms with Crippen LogP contribution in [-0.4, -0.2) is 14.5 Å². The molecule has 0 unspecified atom stereocenters. The molecule has 0 amide bonds. The topological polar surface area (TPSA) is 56.7 Å². The van der Waals surface area contributed by atoms with Crippen molar-refractivity contribution >= 4 is 17.1 Å². The minimum atomic E-state index is 0.125. The van der Waals surface area contributed by atoms with E-state index in [0.29, 0.717) is 5.95 Å². The molecule has 2 N–H and O–H groups in total. The van der Waals surface area contributed by atoms with Crippen LogP contribution in [0.2, 0.25) is 0 Å². The number of hydrogen-bond donors (Lipinski definition) is 1. The molecule has 16 heavy (non-hydrogen) atoms. The largest absolute Gasteiger partial charge is 0.369 e. The van der Waals surface area contributed by atoms with Gasteiger partial charge < -0.3 is 5.73 Å². The van der Waals surface area contributed by atoms with Crippen LogP contribution in [0.15, 0.2) is 12.3 Å². The number of fused-ring (bicyclic) bond motifs is 1. The van der Waals surface area contributed by atoms with Crippen LogP contribution in [-0.2, 0) is 5.54 Å². The Balaban J connectivity index is 2.32. The molecular weight excluding hydrogens is 200 g/mol. The second-order valence-electron chi connectivity index (χ2n) is 4.96. The first-order valence-corrected chi connectivity index (χ1v) is 5.72.